The van der Waals surface area contributed by atoms with Crippen molar-refractivity contribution in [2.45, 2.75) is 19.4 Å². The van der Waals surface area contributed by atoms with Gasteiger partial charge >= 0.3 is 0 Å². The summed E-state index contributed by atoms with van der Waals surface area (Å²) in [6.45, 7) is 2.98. The number of pyridine rings is 1. The molecule has 0 spiro atoms. The van der Waals surface area contributed by atoms with Crippen molar-refractivity contribution in [3.63, 3.8) is 0 Å². The summed E-state index contributed by atoms with van der Waals surface area (Å²) in [5, 5.41) is 3.45. The maximum Gasteiger partial charge on any atom is 0.137 e. The molecule has 1 unspecified atom stereocenters. The van der Waals surface area contributed by atoms with Gasteiger partial charge in [-0.15, -0.1) is 0 Å². The predicted molar refractivity (Wildman–Crippen MR) is 77.3 cm³/mol. The van der Waals surface area contributed by atoms with E-state index in [1.807, 2.05) is 6.07 Å². The Balaban J connectivity index is 2.32. The minimum absolute atomic E-state index is 0.0156. The van der Waals surface area contributed by atoms with E-state index in [1.54, 1.807) is 31.6 Å². The first kappa shape index (κ1) is 14.5. The number of ether oxygens (including phenoxy) is 1. The normalized spacial score (nSPS) is 12.2. The van der Waals surface area contributed by atoms with Gasteiger partial charge in [0.15, 0.2) is 0 Å². The van der Waals surface area contributed by atoms with Crippen molar-refractivity contribution >= 4 is 0 Å². The van der Waals surface area contributed by atoms with Gasteiger partial charge in [-0.25, -0.2) is 4.39 Å². The predicted octanol–water partition coefficient (Wildman–Crippen LogP) is 3.32. The molecular weight excluding hydrogens is 255 g/mol. The molecule has 1 atom stereocenters. The summed E-state index contributed by atoms with van der Waals surface area (Å²) in [6.07, 6.45) is 4.50. The van der Waals surface area contributed by atoms with Crippen LogP contribution in [0.25, 0.3) is 0 Å². The van der Waals surface area contributed by atoms with Crippen LogP contribution in [-0.4, -0.2) is 18.6 Å². The molecule has 0 saturated heterocycles. The quantitative estimate of drug-likeness (QED) is 0.877. The zero-order chi connectivity index (χ0) is 14.4. The SMILES string of the molecule is CCCNC(c1ccc(F)cc1)c1cncc(OC)c1. The highest BCUT2D eigenvalue weighted by Gasteiger charge is 2.14. The molecule has 0 amide bonds. The Labute approximate surface area is 118 Å². The Morgan fingerprint density at radius 2 is 1.95 bits per heavy atom. The molecule has 2 aromatic rings. The monoisotopic (exact) mass is 274 g/mol. The fourth-order valence-corrected chi connectivity index (χ4v) is 2.08. The maximum atomic E-state index is 13.1. The van der Waals surface area contributed by atoms with Crippen molar-refractivity contribution < 1.29 is 9.13 Å². The van der Waals surface area contributed by atoms with Crippen LogP contribution >= 0.6 is 0 Å². The number of aromatic nitrogens is 1. The van der Waals surface area contributed by atoms with Crippen LogP contribution in [0.15, 0.2) is 42.7 Å². The maximum absolute atomic E-state index is 13.1. The number of hydrogen-bond acceptors (Lipinski definition) is 3. The average Bonchev–Trinajstić information content (AvgIpc) is 2.49. The van der Waals surface area contributed by atoms with E-state index in [2.05, 4.69) is 17.2 Å². The third kappa shape index (κ3) is 3.54. The molecule has 0 radical (unpaired) electrons. The summed E-state index contributed by atoms with van der Waals surface area (Å²) >= 11 is 0. The standard InChI is InChI=1S/C16H19FN2O/c1-3-8-19-16(12-4-6-14(17)7-5-12)13-9-15(20-2)11-18-10-13/h4-7,9-11,16,19H,3,8H2,1-2H3. The minimum Gasteiger partial charge on any atom is -0.495 e. The van der Waals surface area contributed by atoms with Gasteiger partial charge in [-0.1, -0.05) is 19.1 Å². The zero-order valence-electron chi connectivity index (χ0n) is 11.8. The van der Waals surface area contributed by atoms with E-state index < -0.39 is 0 Å². The molecule has 4 heteroatoms. The van der Waals surface area contributed by atoms with E-state index in [4.69, 9.17) is 4.74 Å². The third-order valence-corrected chi connectivity index (χ3v) is 3.11. The summed E-state index contributed by atoms with van der Waals surface area (Å²) < 4.78 is 18.3. The lowest BCUT2D eigenvalue weighted by molar-refractivity contribution is 0.411. The average molecular weight is 274 g/mol. The van der Waals surface area contributed by atoms with Crippen molar-refractivity contribution in [2.75, 3.05) is 13.7 Å². The Kier molecular flexibility index (Phi) is 5.07. The smallest absolute Gasteiger partial charge is 0.137 e. The van der Waals surface area contributed by atoms with Gasteiger partial charge in [0.05, 0.1) is 19.3 Å². The molecule has 1 heterocycles. The lowest BCUT2D eigenvalue weighted by atomic mass is 10.00. The van der Waals surface area contributed by atoms with Crippen molar-refractivity contribution in [1.82, 2.24) is 10.3 Å². The minimum atomic E-state index is -0.230. The van der Waals surface area contributed by atoms with E-state index in [-0.39, 0.29) is 11.9 Å². The first-order valence-corrected chi connectivity index (χ1v) is 6.72. The molecule has 0 saturated carbocycles. The summed E-state index contributed by atoms with van der Waals surface area (Å²) in [5.41, 5.74) is 2.01. The summed E-state index contributed by atoms with van der Waals surface area (Å²) in [6, 6.07) is 8.47. The third-order valence-electron chi connectivity index (χ3n) is 3.11. The first-order valence-electron chi connectivity index (χ1n) is 6.72. The van der Waals surface area contributed by atoms with Gasteiger partial charge in [-0.05, 0) is 42.3 Å². The Morgan fingerprint density at radius 1 is 1.20 bits per heavy atom. The first-order chi connectivity index (χ1) is 9.74. The number of nitrogens with zero attached hydrogens (tertiary/aromatic N) is 1. The van der Waals surface area contributed by atoms with E-state index in [9.17, 15) is 4.39 Å². The van der Waals surface area contributed by atoms with Crippen molar-refractivity contribution in [2.24, 2.45) is 0 Å². The van der Waals surface area contributed by atoms with Crippen molar-refractivity contribution in [3.8, 4) is 5.75 Å². The van der Waals surface area contributed by atoms with Gasteiger partial charge in [-0.3, -0.25) is 4.98 Å². The largest absolute Gasteiger partial charge is 0.495 e. The Morgan fingerprint density at radius 3 is 2.60 bits per heavy atom. The number of halogens is 1. The van der Waals surface area contributed by atoms with Crippen LogP contribution in [0.5, 0.6) is 5.75 Å². The summed E-state index contributed by atoms with van der Waals surface area (Å²) in [5.74, 6) is 0.486. The molecule has 0 aliphatic rings. The second kappa shape index (κ2) is 7.01. The van der Waals surface area contributed by atoms with E-state index in [0.29, 0.717) is 5.75 Å². The molecule has 3 nitrogen and oxygen atoms in total. The highest BCUT2D eigenvalue weighted by molar-refractivity contribution is 5.34. The lowest BCUT2D eigenvalue weighted by Gasteiger charge is -2.19. The molecule has 0 aliphatic heterocycles. The summed E-state index contributed by atoms with van der Waals surface area (Å²) in [4.78, 5) is 4.19. The van der Waals surface area contributed by atoms with Crippen LogP contribution in [0.1, 0.15) is 30.5 Å². The van der Waals surface area contributed by atoms with Gasteiger partial charge < -0.3 is 10.1 Å². The molecule has 0 bridgehead atoms. The fraction of sp³-hybridized carbons (Fsp3) is 0.312. The molecule has 1 aromatic carbocycles. The van der Waals surface area contributed by atoms with Crippen LogP contribution in [0, 0.1) is 5.82 Å². The molecule has 1 aromatic heterocycles. The van der Waals surface area contributed by atoms with Crippen LogP contribution in [0.4, 0.5) is 4.39 Å². The second-order valence-electron chi connectivity index (χ2n) is 4.60. The van der Waals surface area contributed by atoms with Crippen molar-refractivity contribution in [1.29, 1.82) is 0 Å². The number of hydrogen-bond donors (Lipinski definition) is 1. The van der Waals surface area contributed by atoms with Crippen LogP contribution in [-0.2, 0) is 0 Å². The van der Waals surface area contributed by atoms with Gasteiger partial charge in [0.1, 0.15) is 11.6 Å². The van der Waals surface area contributed by atoms with Crippen LogP contribution < -0.4 is 10.1 Å². The Hall–Kier alpha value is -1.94. The number of methoxy groups -OCH3 is 1. The molecule has 2 rings (SSSR count). The van der Waals surface area contributed by atoms with Gasteiger partial charge in [0.25, 0.3) is 0 Å². The lowest BCUT2D eigenvalue weighted by Crippen LogP contribution is -2.23. The van der Waals surface area contributed by atoms with E-state index >= 15 is 0 Å². The van der Waals surface area contributed by atoms with Crippen molar-refractivity contribution in [3.05, 3.63) is 59.7 Å². The molecule has 0 aliphatic carbocycles. The summed E-state index contributed by atoms with van der Waals surface area (Å²) in [7, 11) is 1.62. The van der Waals surface area contributed by atoms with Gasteiger partial charge in [0.2, 0.25) is 0 Å². The molecule has 106 valence electrons. The van der Waals surface area contributed by atoms with Gasteiger partial charge in [0, 0.05) is 6.20 Å². The van der Waals surface area contributed by atoms with E-state index in [1.165, 1.54) is 12.1 Å². The second-order valence-corrected chi connectivity index (χ2v) is 4.60. The number of nitrogens with one attached hydrogen (secondary N) is 1. The molecule has 1 N–H and O–H groups in total. The van der Waals surface area contributed by atoms with Crippen LogP contribution in [0.2, 0.25) is 0 Å². The zero-order valence-corrected chi connectivity index (χ0v) is 11.8. The molecule has 20 heavy (non-hydrogen) atoms. The Bertz CT molecular complexity index is 542. The van der Waals surface area contributed by atoms with Gasteiger partial charge in [-0.2, -0.15) is 0 Å². The highest BCUT2D eigenvalue weighted by atomic mass is 19.1. The number of rotatable bonds is 6. The number of benzene rings is 1. The van der Waals surface area contributed by atoms with E-state index in [0.717, 1.165) is 24.1 Å². The van der Waals surface area contributed by atoms with Crippen LogP contribution in [0.3, 0.4) is 0 Å². The molecular formula is C16H19FN2O. The highest BCUT2D eigenvalue weighted by Crippen LogP contribution is 2.24. The fourth-order valence-electron chi connectivity index (χ4n) is 2.08. The topological polar surface area (TPSA) is 34.2 Å². The molecule has 0 fully saturated rings.